The third-order valence-corrected chi connectivity index (χ3v) is 4.46. The van der Waals surface area contributed by atoms with Crippen molar-refractivity contribution in [2.24, 2.45) is 0 Å². The molecule has 21 heavy (non-hydrogen) atoms. The summed E-state index contributed by atoms with van der Waals surface area (Å²) in [6.45, 7) is 2.03. The Kier molecular flexibility index (Phi) is 5.37. The second kappa shape index (κ2) is 7.05. The van der Waals surface area contributed by atoms with E-state index < -0.39 is 0 Å². The lowest BCUT2D eigenvalue weighted by atomic mass is 9.97. The molecule has 2 nitrogen and oxygen atoms in total. The zero-order valence-corrected chi connectivity index (χ0v) is 14.0. The van der Waals surface area contributed by atoms with E-state index in [0.717, 1.165) is 22.4 Å². The first-order valence-corrected chi connectivity index (χ1v) is 7.60. The fourth-order valence-corrected chi connectivity index (χ4v) is 2.83. The van der Waals surface area contributed by atoms with Crippen LogP contribution < -0.4 is 10.1 Å². The summed E-state index contributed by atoms with van der Waals surface area (Å²) in [6, 6.07) is 11.3. The average molecular weight is 352 g/mol. The predicted octanol–water partition coefficient (Wildman–Crippen LogP) is 4.41. The highest BCUT2D eigenvalue weighted by Gasteiger charge is 2.17. The van der Waals surface area contributed by atoms with Crippen LogP contribution in [0.4, 0.5) is 4.39 Å². The topological polar surface area (TPSA) is 21.3 Å². The van der Waals surface area contributed by atoms with Crippen LogP contribution in [0.5, 0.6) is 5.75 Å². The average Bonchev–Trinajstić information content (AvgIpc) is 2.49. The Bertz CT molecular complexity index is 630. The lowest BCUT2D eigenvalue weighted by molar-refractivity contribution is 0.401. The molecule has 112 valence electrons. The predicted molar refractivity (Wildman–Crippen MR) is 87.3 cm³/mol. The molecule has 1 unspecified atom stereocenters. The summed E-state index contributed by atoms with van der Waals surface area (Å²) in [6.07, 6.45) is 0.675. The molecule has 0 bridgehead atoms. The fourth-order valence-electron chi connectivity index (χ4n) is 2.40. The van der Waals surface area contributed by atoms with Gasteiger partial charge in [-0.1, -0.05) is 24.3 Å². The van der Waals surface area contributed by atoms with Crippen LogP contribution in [0.1, 0.15) is 22.7 Å². The Labute approximate surface area is 133 Å². The maximum Gasteiger partial charge on any atom is 0.137 e. The monoisotopic (exact) mass is 351 g/mol. The van der Waals surface area contributed by atoms with Crippen molar-refractivity contribution < 1.29 is 9.13 Å². The van der Waals surface area contributed by atoms with E-state index in [-0.39, 0.29) is 11.9 Å². The Morgan fingerprint density at radius 2 is 2.05 bits per heavy atom. The van der Waals surface area contributed by atoms with Crippen molar-refractivity contribution in [2.45, 2.75) is 19.4 Å². The van der Waals surface area contributed by atoms with E-state index >= 15 is 0 Å². The van der Waals surface area contributed by atoms with E-state index in [1.807, 2.05) is 26.1 Å². The van der Waals surface area contributed by atoms with Crippen LogP contribution in [0, 0.1) is 12.7 Å². The number of halogens is 2. The van der Waals surface area contributed by atoms with E-state index in [1.165, 1.54) is 6.07 Å². The van der Waals surface area contributed by atoms with E-state index in [4.69, 9.17) is 4.74 Å². The fraction of sp³-hybridized carbons (Fsp3) is 0.294. The lowest BCUT2D eigenvalue weighted by Crippen LogP contribution is -2.20. The molecule has 0 aromatic heterocycles. The SMILES string of the molecule is CNC(Cc1cccc(F)c1Br)c1ccc(C)cc1OC. The molecule has 2 aromatic rings. The van der Waals surface area contributed by atoms with Gasteiger partial charge in [0, 0.05) is 11.6 Å². The van der Waals surface area contributed by atoms with Gasteiger partial charge < -0.3 is 10.1 Å². The molecular weight excluding hydrogens is 333 g/mol. The number of likely N-dealkylation sites (N-methyl/N-ethyl adjacent to an activating group) is 1. The van der Waals surface area contributed by atoms with E-state index in [9.17, 15) is 4.39 Å². The van der Waals surface area contributed by atoms with Crippen LogP contribution >= 0.6 is 15.9 Å². The van der Waals surface area contributed by atoms with Gasteiger partial charge in [-0.15, -0.1) is 0 Å². The maximum absolute atomic E-state index is 13.6. The quantitative estimate of drug-likeness (QED) is 0.861. The van der Waals surface area contributed by atoms with E-state index in [1.54, 1.807) is 13.2 Å². The van der Waals surface area contributed by atoms with Crippen molar-refractivity contribution in [1.82, 2.24) is 5.32 Å². The third kappa shape index (κ3) is 3.63. The summed E-state index contributed by atoms with van der Waals surface area (Å²) in [5.74, 6) is 0.611. The lowest BCUT2D eigenvalue weighted by Gasteiger charge is -2.20. The first-order chi connectivity index (χ1) is 10.1. The summed E-state index contributed by atoms with van der Waals surface area (Å²) >= 11 is 3.32. The van der Waals surface area contributed by atoms with Crippen LogP contribution in [-0.4, -0.2) is 14.2 Å². The number of ether oxygens (including phenoxy) is 1. The van der Waals surface area contributed by atoms with Crippen LogP contribution in [0.25, 0.3) is 0 Å². The first kappa shape index (κ1) is 16.0. The molecule has 0 heterocycles. The molecule has 1 N–H and O–H groups in total. The van der Waals surface area contributed by atoms with Gasteiger partial charge in [0.05, 0.1) is 11.6 Å². The van der Waals surface area contributed by atoms with Crippen molar-refractivity contribution in [1.29, 1.82) is 0 Å². The van der Waals surface area contributed by atoms with Gasteiger partial charge >= 0.3 is 0 Å². The number of aryl methyl sites for hydroxylation is 1. The van der Waals surface area contributed by atoms with Gasteiger partial charge in [-0.2, -0.15) is 0 Å². The van der Waals surface area contributed by atoms with Crippen LogP contribution in [-0.2, 0) is 6.42 Å². The smallest absolute Gasteiger partial charge is 0.137 e. The number of hydrogen-bond acceptors (Lipinski definition) is 2. The molecule has 0 spiro atoms. The van der Waals surface area contributed by atoms with Gasteiger partial charge in [-0.25, -0.2) is 4.39 Å². The minimum atomic E-state index is -0.238. The minimum Gasteiger partial charge on any atom is -0.496 e. The van der Waals surface area contributed by atoms with Crippen molar-refractivity contribution in [2.75, 3.05) is 14.2 Å². The van der Waals surface area contributed by atoms with E-state index in [2.05, 4.69) is 33.4 Å². The largest absolute Gasteiger partial charge is 0.496 e. The summed E-state index contributed by atoms with van der Waals surface area (Å²) < 4.78 is 19.6. The summed E-state index contributed by atoms with van der Waals surface area (Å²) in [5.41, 5.74) is 3.15. The zero-order valence-electron chi connectivity index (χ0n) is 12.4. The molecule has 0 amide bonds. The molecule has 0 aliphatic carbocycles. The second-order valence-electron chi connectivity index (χ2n) is 5.00. The standard InChI is InChI=1S/C17H19BrFNO/c1-11-7-8-13(16(9-11)21-3)15(20-2)10-12-5-4-6-14(19)17(12)18/h4-9,15,20H,10H2,1-3H3. The number of benzene rings is 2. The Balaban J connectivity index is 2.34. The van der Waals surface area contributed by atoms with Gasteiger partial charge in [-0.05, 0) is 59.6 Å². The van der Waals surface area contributed by atoms with Gasteiger partial charge in [0.15, 0.2) is 0 Å². The highest BCUT2D eigenvalue weighted by atomic mass is 79.9. The Hall–Kier alpha value is -1.39. The number of hydrogen-bond donors (Lipinski definition) is 1. The second-order valence-corrected chi connectivity index (χ2v) is 5.80. The zero-order chi connectivity index (χ0) is 15.4. The highest BCUT2D eigenvalue weighted by Crippen LogP contribution is 2.31. The first-order valence-electron chi connectivity index (χ1n) is 6.81. The van der Waals surface area contributed by atoms with Crippen molar-refractivity contribution >= 4 is 15.9 Å². The molecule has 0 saturated carbocycles. The van der Waals surface area contributed by atoms with Gasteiger partial charge in [0.2, 0.25) is 0 Å². The third-order valence-electron chi connectivity index (χ3n) is 3.57. The molecule has 0 fully saturated rings. The summed E-state index contributed by atoms with van der Waals surface area (Å²) in [4.78, 5) is 0. The van der Waals surface area contributed by atoms with Crippen molar-refractivity contribution in [3.05, 3.63) is 63.4 Å². The normalized spacial score (nSPS) is 12.2. The molecule has 1 atom stereocenters. The van der Waals surface area contributed by atoms with Crippen molar-refractivity contribution in [3.63, 3.8) is 0 Å². The number of methoxy groups -OCH3 is 1. The molecule has 0 radical (unpaired) electrons. The molecule has 2 rings (SSSR count). The number of rotatable bonds is 5. The van der Waals surface area contributed by atoms with Gasteiger partial charge in [-0.3, -0.25) is 0 Å². The molecular formula is C17H19BrFNO. The highest BCUT2D eigenvalue weighted by molar-refractivity contribution is 9.10. The molecule has 0 aliphatic heterocycles. The molecule has 4 heteroatoms. The minimum absolute atomic E-state index is 0.0543. The van der Waals surface area contributed by atoms with Crippen LogP contribution in [0.2, 0.25) is 0 Å². The summed E-state index contributed by atoms with van der Waals surface area (Å²) in [7, 11) is 3.57. The Morgan fingerprint density at radius 3 is 2.71 bits per heavy atom. The van der Waals surface area contributed by atoms with Crippen LogP contribution in [0.3, 0.4) is 0 Å². The molecule has 0 aliphatic rings. The van der Waals surface area contributed by atoms with Crippen LogP contribution in [0.15, 0.2) is 40.9 Å². The summed E-state index contributed by atoms with van der Waals surface area (Å²) in [5, 5.41) is 3.28. The van der Waals surface area contributed by atoms with Gasteiger partial charge in [0.1, 0.15) is 11.6 Å². The van der Waals surface area contributed by atoms with E-state index in [0.29, 0.717) is 10.9 Å². The maximum atomic E-state index is 13.6. The van der Waals surface area contributed by atoms with Gasteiger partial charge in [0.25, 0.3) is 0 Å². The number of nitrogens with one attached hydrogen (secondary N) is 1. The molecule has 2 aromatic carbocycles. The van der Waals surface area contributed by atoms with Crippen molar-refractivity contribution in [3.8, 4) is 5.75 Å². The Morgan fingerprint density at radius 1 is 1.29 bits per heavy atom. The molecule has 0 saturated heterocycles.